The predicted molar refractivity (Wildman–Crippen MR) is 71.3 cm³/mol. The van der Waals surface area contributed by atoms with Gasteiger partial charge < -0.3 is 10.1 Å². The fourth-order valence-electron chi connectivity index (χ4n) is 2.63. The Kier molecular flexibility index (Phi) is 5.26. The predicted octanol–water partition coefficient (Wildman–Crippen LogP) is 1.88. The number of hydrogen-bond donors (Lipinski definition) is 1. The van der Waals surface area contributed by atoms with Gasteiger partial charge in [-0.15, -0.1) is 0 Å². The third-order valence-electron chi connectivity index (χ3n) is 4.11. The Balaban J connectivity index is 1.62. The summed E-state index contributed by atoms with van der Waals surface area (Å²) < 4.78 is 5.80. The minimum Gasteiger partial charge on any atom is -0.377 e. The zero-order chi connectivity index (χ0) is 12.1. The van der Waals surface area contributed by atoms with E-state index in [0.717, 1.165) is 38.1 Å². The maximum atomic E-state index is 5.80. The fourth-order valence-corrected chi connectivity index (χ4v) is 2.63. The van der Waals surface area contributed by atoms with E-state index in [2.05, 4.69) is 24.1 Å². The van der Waals surface area contributed by atoms with E-state index >= 15 is 0 Å². The van der Waals surface area contributed by atoms with Gasteiger partial charge in [0, 0.05) is 38.8 Å². The molecule has 0 aromatic carbocycles. The Morgan fingerprint density at radius 2 is 2.24 bits per heavy atom. The third kappa shape index (κ3) is 4.57. The lowest BCUT2D eigenvalue weighted by molar-refractivity contribution is 0.0520. The van der Waals surface area contributed by atoms with Crippen molar-refractivity contribution in [2.24, 2.45) is 5.92 Å². The summed E-state index contributed by atoms with van der Waals surface area (Å²) in [6.45, 7) is 10.1. The first-order valence-corrected chi connectivity index (χ1v) is 7.37. The van der Waals surface area contributed by atoms with Crippen LogP contribution in [0.2, 0.25) is 0 Å². The molecule has 2 unspecified atom stereocenters. The third-order valence-corrected chi connectivity index (χ3v) is 4.11. The second-order valence-corrected chi connectivity index (χ2v) is 5.64. The maximum Gasteiger partial charge on any atom is 0.0699 e. The zero-order valence-corrected chi connectivity index (χ0v) is 11.5. The van der Waals surface area contributed by atoms with E-state index in [-0.39, 0.29) is 0 Å². The number of nitrogens with one attached hydrogen (secondary N) is 1. The normalized spacial score (nSPS) is 28.9. The first kappa shape index (κ1) is 13.3. The van der Waals surface area contributed by atoms with E-state index in [1.165, 1.54) is 32.4 Å². The van der Waals surface area contributed by atoms with Crippen LogP contribution in [0.5, 0.6) is 0 Å². The molecule has 0 aromatic rings. The molecule has 1 saturated heterocycles. The van der Waals surface area contributed by atoms with Crippen LogP contribution in [0.3, 0.4) is 0 Å². The Morgan fingerprint density at radius 1 is 1.41 bits per heavy atom. The van der Waals surface area contributed by atoms with Gasteiger partial charge in [0.2, 0.25) is 0 Å². The average Bonchev–Trinajstić information content (AvgIpc) is 3.16. The van der Waals surface area contributed by atoms with Crippen molar-refractivity contribution in [2.75, 3.05) is 32.8 Å². The van der Waals surface area contributed by atoms with Crippen LogP contribution in [-0.4, -0.2) is 49.8 Å². The fraction of sp³-hybridized carbons (Fsp3) is 1.00. The molecule has 1 N–H and O–H groups in total. The van der Waals surface area contributed by atoms with Crippen molar-refractivity contribution in [3.05, 3.63) is 0 Å². The molecule has 2 rings (SSSR count). The lowest BCUT2D eigenvalue weighted by Crippen LogP contribution is -2.39. The second-order valence-electron chi connectivity index (χ2n) is 5.64. The first-order valence-electron chi connectivity index (χ1n) is 7.37. The molecule has 0 spiro atoms. The molecule has 0 amide bonds. The van der Waals surface area contributed by atoms with Gasteiger partial charge in [-0.3, -0.25) is 4.90 Å². The zero-order valence-electron chi connectivity index (χ0n) is 11.5. The number of nitrogens with zero attached hydrogens (tertiary/aromatic N) is 1. The molecule has 3 heteroatoms. The van der Waals surface area contributed by atoms with Crippen LogP contribution in [0.4, 0.5) is 0 Å². The van der Waals surface area contributed by atoms with Crippen molar-refractivity contribution in [3.63, 3.8) is 0 Å². The number of rotatable bonds is 6. The van der Waals surface area contributed by atoms with Crippen LogP contribution in [-0.2, 0) is 4.74 Å². The van der Waals surface area contributed by atoms with Crippen LogP contribution in [0.1, 0.15) is 39.5 Å². The van der Waals surface area contributed by atoms with Gasteiger partial charge in [-0.2, -0.15) is 0 Å². The Labute approximate surface area is 106 Å². The molecule has 1 aliphatic carbocycles. The maximum absolute atomic E-state index is 5.80. The molecule has 2 atom stereocenters. The van der Waals surface area contributed by atoms with Crippen molar-refractivity contribution >= 4 is 0 Å². The van der Waals surface area contributed by atoms with Crippen LogP contribution >= 0.6 is 0 Å². The molecule has 1 saturated carbocycles. The van der Waals surface area contributed by atoms with E-state index in [1.807, 2.05) is 0 Å². The van der Waals surface area contributed by atoms with Gasteiger partial charge >= 0.3 is 0 Å². The summed E-state index contributed by atoms with van der Waals surface area (Å²) in [7, 11) is 0. The summed E-state index contributed by atoms with van der Waals surface area (Å²) in [5.41, 5.74) is 0. The van der Waals surface area contributed by atoms with Crippen molar-refractivity contribution in [1.82, 2.24) is 10.2 Å². The lowest BCUT2D eigenvalue weighted by Gasteiger charge is -2.24. The monoisotopic (exact) mass is 240 g/mol. The van der Waals surface area contributed by atoms with Crippen LogP contribution in [0.25, 0.3) is 0 Å². The number of ether oxygens (including phenoxy) is 1. The van der Waals surface area contributed by atoms with Crippen LogP contribution in [0, 0.1) is 5.92 Å². The average molecular weight is 240 g/mol. The Morgan fingerprint density at radius 3 is 2.94 bits per heavy atom. The van der Waals surface area contributed by atoms with E-state index in [9.17, 15) is 0 Å². The second kappa shape index (κ2) is 6.72. The van der Waals surface area contributed by atoms with Gasteiger partial charge in [0.1, 0.15) is 0 Å². The lowest BCUT2D eigenvalue weighted by atomic mass is 10.2. The molecule has 1 aliphatic heterocycles. The first-order chi connectivity index (χ1) is 8.29. The molecule has 3 nitrogen and oxygen atoms in total. The highest BCUT2D eigenvalue weighted by atomic mass is 16.5. The van der Waals surface area contributed by atoms with E-state index in [0.29, 0.717) is 6.10 Å². The molecule has 17 heavy (non-hydrogen) atoms. The van der Waals surface area contributed by atoms with Crippen LogP contribution in [0.15, 0.2) is 0 Å². The summed E-state index contributed by atoms with van der Waals surface area (Å²) in [6, 6.07) is 0.722. The van der Waals surface area contributed by atoms with Crippen molar-refractivity contribution < 1.29 is 4.74 Å². The molecule has 100 valence electrons. The highest BCUT2D eigenvalue weighted by Gasteiger charge is 2.27. The van der Waals surface area contributed by atoms with Gasteiger partial charge in [0.05, 0.1) is 6.10 Å². The van der Waals surface area contributed by atoms with E-state index < -0.39 is 0 Å². The molecule has 1 heterocycles. The smallest absolute Gasteiger partial charge is 0.0699 e. The van der Waals surface area contributed by atoms with Gasteiger partial charge in [-0.25, -0.2) is 0 Å². The topological polar surface area (TPSA) is 24.5 Å². The highest BCUT2D eigenvalue weighted by Crippen LogP contribution is 2.32. The molecule has 0 aromatic heterocycles. The van der Waals surface area contributed by atoms with Gasteiger partial charge in [-0.1, -0.05) is 6.92 Å². The quantitative estimate of drug-likeness (QED) is 0.767. The van der Waals surface area contributed by atoms with Gasteiger partial charge in [-0.05, 0) is 38.5 Å². The number of hydrogen-bond acceptors (Lipinski definition) is 3. The SMILES string of the molecule is CCC1CN(CCNC(C)C2CC2)CCCO1. The highest BCUT2D eigenvalue weighted by molar-refractivity contribution is 4.83. The Bertz CT molecular complexity index is 218. The van der Waals surface area contributed by atoms with E-state index in [1.54, 1.807) is 0 Å². The minimum atomic E-state index is 0.457. The summed E-state index contributed by atoms with van der Waals surface area (Å²) in [4.78, 5) is 2.56. The summed E-state index contributed by atoms with van der Waals surface area (Å²) in [5.74, 6) is 0.964. The minimum absolute atomic E-state index is 0.457. The van der Waals surface area contributed by atoms with Crippen molar-refractivity contribution in [2.45, 2.75) is 51.7 Å². The van der Waals surface area contributed by atoms with Crippen molar-refractivity contribution in [3.8, 4) is 0 Å². The summed E-state index contributed by atoms with van der Waals surface area (Å²) in [6.07, 6.45) is 5.66. The van der Waals surface area contributed by atoms with Gasteiger partial charge in [0.25, 0.3) is 0 Å². The molecule has 2 fully saturated rings. The molecular formula is C14H28N2O. The van der Waals surface area contributed by atoms with Crippen molar-refractivity contribution in [1.29, 1.82) is 0 Å². The van der Waals surface area contributed by atoms with Crippen LogP contribution < -0.4 is 5.32 Å². The summed E-state index contributed by atoms with van der Waals surface area (Å²) >= 11 is 0. The molecule has 0 radical (unpaired) electrons. The summed E-state index contributed by atoms with van der Waals surface area (Å²) in [5, 5.41) is 3.66. The molecule has 0 bridgehead atoms. The molecular weight excluding hydrogens is 212 g/mol. The van der Waals surface area contributed by atoms with Gasteiger partial charge in [0.15, 0.2) is 0 Å². The molecule has 2 aliphatic rings. The standard InChI is InChI=1S/C14H28N2O/c1-3-14-11-16(8-4-10-17-14)9-7-15-12(2)13-5-6-13/h12-15H,3-11H2,1-2H3. The Hall–Kier alpha value is -0.120. The van der Waals surface area contributed by atoms with E-state index in [4.69, 9.17) is 4.74 Å². The largest absolute Gasteiger partial charge is 0.377 e.